The van der Waals surface area contributed by atoms with Crippen LogP contribution in [0.4, 0.5) is 18.9 Å². The van der Waals surface area contributed by atoms with Gasteiger partial charge < -0.3 is 0 Å². The Bertz CT molecular complexity index is 509. The Balaban J connectivity index is 3.23. The zero-order chi connectivity index (χ0) is 15.7. The third-order valence-corrected chi connectivity index (χ3v) is 4.65. The molecule has 112 valence electrons. The molecule has 0 N–H and O–H groups in total. The molecule has 1 rings (SSSR count). The van der Waals surface area contributed by atoms with Gasteiger partial charge in [-0.1, -0.05) is 42.8 Å². The van der Waals surface area contributed by atoms with E-state index in [4.69, 9.17) is 0 Å². The largest absolute Gasteiger partial charge is 0.416 e. The number of halogens is 4. The summed E-state index contributed by atoms with van der Waals surface area (Å²) < 4.78 is 39.0. The summed E-state index contributed by atoms with van der Waals surface area (Å²) in [4.78, 5) is 9.61. The minimum absolute atomic E-state index is 0.0555. The first-order valence-electron chi connectivity index (χ1n) is 5.91. The van der Waals surface area contributed by atoms with E-state index in [0.717, 1.165) is 6.07 Å². The molecule has 0 saturated heterocycles. The Morgan fingerprint density at radius 1 is 1.30 bits per heavy atom. The van der Waals surface area contributed by atoms with Crippen LogP contribution >= 0.6 is 15.9 Å². The fourth-order valence-corrected chi connectivity index (χ4v) is 1.97. The Hall–Kier alpha value is -1.11. The van der Waals surface area contributed by atoms with Crippen LogP contribution in [0.1, 0.15) is 31.9 Å². The van der Waals surface area contributed by atoms with Crippen LogP contribution in [0.2, 0.25) is 0 Å². The average molecular weight is 354 g/mol. The minimum Gasteiger partial charge on any atom is -0.258 e. The van der Waals surface area contributed by atoms with E-state index in [1.807, 2.05) is 20.8 Å². The van der Waals surface area contributed by atoms with Gasteiger partial charge in [0.15, 0.2) is 0 Å². The maximum atomic E-state index is 13.0. The van der Waals surface area contributed by atoms with Crippen LogP contribution in [0.5, 0.6) is 0 Å². The van der Waals surface area contributed by atoms with Gasteiger partial charge >= 0.3 is 6.18 Å². The summed E-state index contributed by atoms with van der Waals surface area (Å²) in [5.74, 6) is 0. The lowest BCUT2D eigenvalue weighted by Crippen LogP contribution is -2.24. The number of nitrogens with zero attached hydrogens (tertiary/aromatic N) is 1. The monoisotopic (exact) mass is 353 g/mol. The molecule has 0 amide bonds. The molecule has 1 unspecified atom stereocenters. The Morgan fingerprint density at radius 2 is 1.85 bits per heavy atom. The van der Waals surface area contributed by atoms with Crippen LogP contribution in [0.25, 0.3) is 0 Å². The van der Waals surface area contributed by atoms with Gasteiger partial charge in [0, 0.05) is 17.0 Å². The second-order valence-electron chi connectivity index (χ2n) is 5.63. The maximum absolute atomic E-state index is 13.0. The lowest BCUT2D eigenvalue weighted by Gasteiger charge is -2.26. The van der Waals surface area contributed by atoms with E-state index in [0.29, 0.717) is 6.07 Å². The molecule has 1 atom stereocenters. The standard InChI is InChI=1S/C13H15BrF3NO2/c1-12(2,3)11(14)6-8-4-5-9(18(19)20)7-10(8)13(15,16)17/h4-5,7,11H,6H2,1-3H3. The molecule has 1 aromatic rings. The van der Waals surface area contributed by atoms with E-state index >= 15 is 0 Å². The van der Waals surface area contributed by atoms with Crippen molar-refractivity contribution in [1.29, 1.82) is 0 Å². The number of nitro benzene ring substituents is 1. The number of alkyl halides is 4. The highest BCUT2D eigenvalue weighted by Gasteiger charge is 2.36. The lowest BCUT2D eigenvalue weighted by atomic mass is 9.87. The zero-order valence-corrected chi connectivity index (χ0v) is 12.9. The van der Waals surface area contributed by atoms with E-state index in [-0.39, 0.29) is 22.2 Å². The number of hydrogen-bond acceptors (Lipinski definition) is 2. The van der Waals surface area contributed by atoms with Crippen LogP contribution in [-0.4, -0.2) is 9.75 Å². The van der Waals surface area contributed by atoms with Gasteiger partial charge in [-0.2, -0.15) is 13.2 Å². The molecule has 0 saturated carbocycles. The second-order valence-corrected chi connectivity index (χ2v) is 6.74. The molecule has 0 fully saturated rings. The molecule has 20 heavy (non-hydrogen) atoms. The highest BCUT2D eigenvalue weighted by molar-refractivity contribution is 9.09. The topological polar surface area (TPSA) is 43.1 Å². The zero-order valence-electron chi connectivity index (χ0n) is 11.3. The van der Waals surface area contributed by atoms with E-state index in [9.17, 15) is 23.3 Å². The van der Waals surface area contributed by atoms with E-state index in [1.165, 1.54) is 6.07 Å². The highest BCUT2D eigenvalue weighted by atomic mass is 79.9. The molecular formula is C13H15BrF3NO2. The molecule has 1 aromatic carbocycles. The number of hydrogen-bond donors (Lipinski definition) is 0. The molecule has 0 heterocycles. The van der Waals surface area contributed by atoms with Crippen molar-refractivity contribution < 1.29 is 18.1 Å². The van der Waals surface area contributed by atoms with Gasteiger partial charge in [0.25, 0.3) is 5.69 Å². The van der Waals surface area contributed by atoms with E-state index < -0.39 is 22.4 Å². The molecule has 0 bridgehead atoms. The first-order valence-corrected chi connectivity index (χ1v) is 6.83. The van der Waals surface area contributed by atoms with Gasteiger partial charge in [0.05, 0.1) is 10.5 Å². The van der Waals surface area contributed by atoms with Gasteiger partial charge in [0.1, 0.15) is 0 Å². The van der Waals surface area contributed by atoms with E-state index in [1.54, 1.807) is 0 Å². The SMILES string of the molecule is CC(C)(C)C(Br)Cc1ccc([N+](=O)[O-])cc1C(F)(F)F. The lowest BCUT2D eigenvalue weighted by molar-refractivity contribution is -0.385. The number of nitro groups is 1. The molecule has 0 radical (unpaired) electrons. The van der Waals surface area contributed by atoms with Crippen molar-refractivity contribution in [2.24, 2.45) is 5.41 Å². The molecule has 0 aliphatic rings. The Morgan fingerprint density at radius 3 is 2.25 bits per heavy atom. The van der Waals surface area contributed by atoms with Gasteiger partial charge in [-0.25, -0.2) is 0 Å². The summed E-state index contributed by atoms with van der Waals surface area (Å²) in [6.07, 6.45) is -4.46. The summed E-state index contributed by atoms with van der Waals surface area (Å²) >= 11 is 3.38. The van der Waals surface area contributed by atoms with E-state index in [2.05, 4.69) is 15.9 Å². The smallest absolute Gasteiger partial charge is 0.258 e. The normalized spacial score (nSPS) is 14.2. The molecule has 0 spiro atoms. The Labute approximate surface area is 123 Å². The molecule has 0 aliphatic carbocycles. The maximum Gasteiger partial charge on any atom is 0.416 e. The third kappa shape index (κ3) is 4.19. The fraction of sp³-hybridized carbons (Fsp3) is 0.538. The van der Waals surface area contributed by atoms with Crippen LogP contribution in [0.15, 0.2) is 18.2 Å². The van der Waals surface area contributed by atoms with Crippen LogP contribution in [0, 0.1) is 15.5 Å². The molecule has 0 aromatic heterocycles. The van der Waals surface area contributed by atoms with Crippen molar-refractivity contribution in [3.63, 3.8) is 0 Å². The van der Waals surface area contributed by atoms with Crippen LogP contribution < -0.4 is 0 Å². The summed E-state index contributed by atoms with van der Waals surface area (Å²) in [7, 11) is 0. The first kappa shape index (κ1) is 16.9. The summed E-state index contributed by atoms with van der Waals surface area (Å²) in [5, 5.41) is 10.6. The molecule has 7 heteroatoms. The average Bonchev–Trinajstić information content (AvgIpc) is 2.26. The summed E-state index contributed by atoms with van der Waals surface area (Å²) in [6.45, 7) is 5.72. The van der Waals surface area contributed by atoms with Crippen LogP contribution in [-0.2, 0) is 12.6 Å². The second kappa shape index (κ2) is 5.71. The quantitative estimate of drug-likeness (QED) is 0.437. The first-order chi connectivity index (χ1) is 8.93. The number of benzene rings is 1. The van der Waals surface area contributed by atoms with Gasteiger partial charge in [-0.15, -0.1) is 0 Å². The van der Waals surface area contributed by atoms with Crippen molar-refractivity contribution in [2.75, 3.05) is 0 Å². The summed E-state index contributed by atoms with van der Waals surface area (Å²) in [5.41, 5.74) is -1.66. The molecule has 0 aliphatic heterocycles. The number of rotatable bonds is 3. The predicted molar refractivity (Wildman–Crippen MR) is 74.0 cm³/mol. The van der Waals surface area contributed by atoms with Crippen molar-refractivity contribution in [3.05, 3.63) is 39.4 Å². The Kier molecular flexibility index (Phi) is 4.84. The van der Waals surface area contributed by atoms with Gasteiger partial charge in [-0.3, -0.25) is 10.1 Å². The molecular weight excluding hydrogens is 339 g/mol. The van der Waals surface area contributed by atoms with Crippen molar-refractivity contribution in [3.8, 4) is 0 Å². The highest BCUT2D eigenvalue weighted by Crippen LogP contribution is 2.37. The third-order valence-electron chi connectivity index (χ3n) is 2.95. The van der Waals surface area contributed by atoms with Crippen LogP contribution in [0.3, 0.4) is 0 Å². The number of non-ortho nitro benzene ring substituents is 1. The van der Waals surface area contributed by atoms with Gasteiger partial charge in [-0.05, 0) is 17.4 Å². The molecule has 3 nitrogen and oxygen atoms in total. The van der Waals surface area contributed by atoms with Gasteiger partial charge in [0.2, 0.25) is 0 Å². The van der Waals surface area contributed by atoms with Crippen molar-refractivity contribution in [2.45, 2.75) is 38.2 Å². The summed E-state index contributed by atoms with van der Waals surface area (Å²) in [6, 6.07) is 2.88. The predicted octanol–water partition coefficient (Wildman–Crippen LogP) is 4.97. The van der Waals surface area contributed by atoms with Crippen molar-refractivity contribution >= 4 is 21.6 Å². The fourth-order valence-electron chi connectivity index (χ4n) is 1.62. The minimum atomic E-state index is -4.61. The van der Waals surface area contributed by atoms with Crippen molar-refractivity contribution in [1.82, 2.24) is 0 Å².